The van der Waals surface area contributed by atoms with Crippen LogP contribution in [-0.2, 0) is 13.6 Å². The van der Waals surface area contributed by atoms with Crippen LogP contribution in [0.3, 0.4) is 0 Å². The molecule has 74 valence electrons. The molecule has 0 spiro atoms. The van der Waals surface area contributed by atoms with Crippen LogP contribution in [0.5, 0.6) is 0 Å². The molecule has 1 N–H and O–H groups in total. The van der Waals surface area contributed by atoms with Gasteiger partial charge in [-0.2, -0.15) is 0 Å². The standard InChI is InChI=1S/C9H13N5/c1-8-11-12-9(13(8)2)7-10-14-5-3-4-6-14/h3-6,10H,7H2,1-2H3. The highest BCUT2D eigenvalue weighted by molar-refractivity contribution is 4.98. The summed E-state index contributed by atoms with van der Waals surface area (Å²) >= 11 is 0. The molecular formula is C9H13N5. The van der Waals surface area contributed by atoms with Crippen LogP contribution >= 0.6 is 0 Å². The molecule has 5 nitrogen and oxygen atoms in total. The van der Waals surface area contributed by atoms with Crippen molar-refractivity contribution in [1.82, 2.24) is 19.4 Å². The highest BCUT2D eigenvalue weighted by Crippen LogP contribution is 1.97. The molecule has 0 aromatic carbocycles. The van der Waals surface area contributed by atoms with Crippen LogP contribution < -0.4 is 5.43 Å². The Morgan fingerprint density at radius 1 is 1.29 bits per heavy atom. The van der Waals surface area contributed by atoms with Crippen molar-refractivity contribution in [3.63, 3.8) is 0 Å². The summed E-state index contributed by atoms with van der Waals surface area (Å²) in [6, 6.07) is 3.93. The van der Waals surface area contributed by atoms with Crippen molar-refractivity contribution in [2.75, 3.05) is 5.43 Å². The van der Waals surface area contributed by atoms with Crippen LogP contribution in [0.4, 0.5) is 0 Å². The van der Waals surface area contributed by atoms with Gasteiger partial charge >= 0.3 is 0 Å². The quantitative estimate of drug-likeness (QED) is 0.775. The SMILES string of the molecule is Cc1nnc(CNn2cccc2)n1C. The predicted molar refractivity (Wildman–Crippen MR) is 53.2 cm³/mol. The molecule has 0 fully saturated rings. The summed E-state index contributed by atoms with van der Waals surface area (Å²) in [5, 5.41) is 8.03. The van der Waals surface area contributed by atoms with Gasteiger partial charge in [0.2, 0.25) is 0 Å². The van der Waals surface area contributed by atoms with E-state index >= 15 is 0 Å². The van der Waals surface area contributed by atoms with E-state index in [9.17, 15) is 0 Å². The third-order valence-corrected chi connectivity index (χ3v) is 2.21. The molecule has 0 amide bonds. The average Bonchev–Trinajstić information content (AvgIpc) is 2.77. The van der Waals surface area contributed by atoms with Crippen LogP contribution in [0, 0.1) is 6.92 Å². The third kappa shape index (κ3) is 1.61. The molecule has 0 aliphatic carbocycles. The van der Waals surface area contributed by atoms with Crippen LogP contribution in [0.25, 0.3) is 0 Å². The van der Waals surface area contributed by atoms with Crippen molar-refractivity contribution < 1.29 is 0 Å². The number of nitrogens with one attached hydrogen (secondary N) is 1. The monoisotopic (exact) mass is 191 g/mol. The van der Waals surface area contributed by atoms with Crippen molar-refractivity contribution in [1.29, 1.82) is 0 Å². The molecule has 2 aromatic rings. The summed E-state index contributed by atoms with van der Waals surface area (Å²) in [5.74, 6) is 1.85. The molecule has 2 rings (SSSR count). The maximum absolute atomic E-state index is 4.05. The Labute approximate surface area is 82.3 Å². The summed E-state index contributed by atoms with van der Waals surface area (Å²) < 4.78 is 3.86. The highest BCUT2D eigenvalue weighted by Gasteiger charge is 2.03. The second-order valence-electron chi connectivity index (χ2n) is 3.15. The van der Waals surface area contributed by atoms with Gasteiger partial charge in [-0.3, -0.25) is 4.68 Å². The molecule has 5 heteroatoms. The largest absolute Gasteiger partial charge is 0.319 e. The first-order valence-electron chi connectivity index (χ1n) is 4.49. The molecule has 0 saturated heterocycles. The molecule has 2 heterocycles. The van der Waals surface area contributed by atoms with E-state index in [0.29, 0.717) is 6.54 Å². The van der Waals surface area contributed by atoms with Crippen molar-refractivity contribution in [3.05, 3.63) is 36.2 Å². The van der Waals surface area contributed by atoms with E-state index in [1.54, 1.807) is 0 Å². The van der Waals surface area contributed by atoms with Gasteiger partial charge in [-0.1, -0.05) is 0 Å². The zero-order chi connectivity index (χ0) is 9.97. The smallest absolute Gasteiger partial charge is 0.153 e. The molecule has 0 saturated carbocycles. The van der Waals surface area contributed by atoms with E-state index in [4.69, 9.17) is 0 Å². The van der Waals surface area contributed by atoms with E-state index in [1.807, 2.05) is 47.7 Å². The Hall–Kier alpha value is -1.78. The molecule has 0 aliphatic rings. The molecular weight excluding hydrogens is 178 g/mol. The molecule has 2 aromatic heterocycles. The topological polar surface area (TPSA) is 47.7 Å². The summed E-state index contributed by atoms with van der Waals surface area (Å²) in [7, 11) is 1.96. The van der Waals surface area contributed by atoms with Gasteiger partial charge in [0.05, 0.1) is 6.54 Å². The van der Waals surface area contributed by atoms with Gasteiger partial charge in [0.15, 0.2) is 5.82 Å². The van der Waals surface area contributed by atoms with Crippen LogP contribution in [-0.4, -0.2) is 19.4 Å². The minimum Gasteiger partial charge on any atom is -0.319 e. The first-order valence-corrected chi connectivity index (χ1v) is 4.49. The Kier molecular flexibility index (Phi) is 2.22. The number of aryl methyl sites for hydroxylation is 1. The van der Waals surface area contributed by atoms with Crippen molar-refractivity contribution in [2.24, 2.45) is 7.05 Å². The second kappa shape index (κ2) is 3.53. The molecule has 0 aliphatic heterocycles. The lowest BCUT2D eigenvalue weighted by molar-refractivity contribution is 0.740. The fourth-order valence-electron chi connectivity index (χ4n) is 1.21. The number of hydrogen-bond donors (Lipinski definition) is 1. The fraction of sp³-hybridized carbons (Fsp3) is 0.333. The lowest BCUT2D eigenvalue weighted by atomic mass is 10.6. The van der Waals surface area contributed by atoms with Gasteiger partial charge in [0.1, 0.15) is 5.82 Å². The minimum atomic E-state index is 0.673. The second-order valence-corrected chi connectivity index (χ2v) is 3.15. The average molecular weight is 191 g/mol. The summed E-state index contributed by atoms with van der Waals surface area (Å²) in [6.45, 7) is 2.61. The number of hydrogen-bond acceptors (Lipinski definition) is 3. The highest BCUT2D eigenvalue weighted by atomic mass is 15.4. The summed E-state index contributed by atoms with van der Waals surface area (Å²) in [5.41, 5.74) is 3.19. The van der Waals surface area contributed by atoms with Gasteiger partial charge in [-0.15, -0.1) is 10.2 Å². The van der Waals surface area contributed by atoms with Gasteiger partial charge in [0, 0.05) is 19.4 Å². The molecule has 0 unspecified atom stereocenters. The third-order valence-electron chi connectivity index (χ3n) is 2.21. The molecule has 0 radical (unpaired) electrons. The van der Waals surface area contributed by atoms with E-state index < -0.39 is 0 Å². The molecule has 14 heavy (non-hydrogen) atoms. The Bertz CT molecular complexity index is 401. The summed E-state index contributed by atoms with van der Waals surface area (Å²) in [4.78, 5) is 0. The first-order chi connectivity index (χ1) is 6.77. The minimum absolute atomic E-state index is 0.673. The zero-order valence-corrected chi connectivity index (χ0v) is 8.31. The Balaban J connectivity index is 2.02. The van der Waals surface area contributed by atoms with Crippen LogP contribution in [0.1, 0.15) is 11.6 Å². The number of rotatable bonds is 3. The van der Waals surface area contributed by atoms with Gasteiger partial charge in [-0.05, 0) is 19.1 Å². The van der Waals surface area contributed by atoms with Gasteiger partial charge in [0.25, 0.3) is 0 Å². The lowest BCUT2D eigenvalue weighted by Gasteiger charge is -2.06. The van der Waals surface area contributed by atoms with Gasteiger partial charge in [-0.25, -0.2) is 0 Å². The maximum atomic E-state index is 4.05. The Morgan fingerprint density at radius 3 is 2.57 bits per heavy atom. The molecule has 0 atom stereocenters. The van der Waals surface area contributed by atoms with Crippen LogP contribution in [0.15, 0.2) is 24.5 Å². The zero-order valence-electron chi connectivity index (χ0n) is 8.31. The normalized spacial score (nSPS) is 10.4. The van der Waals surface area contributed by atoms with E-state index in [2.05, 4.69) is 15.6 Å². The van der Waals surface area contributed by atoms with E-state index in [-0.39, 0.29) is 0 Å². The number of nitrogens with zero attached hydrogens (tertiary/aromatic N) is 4. The fourth-order valence-corrected chi connectivity index (χ4v) is 1.21. The van der Waals surface area contributed by atoms with Crippen LogP contribution in [0.2, 0.25) is 0 Å². The van der Waals surface area contributed by atoms with E-state index in [0.717, 1.165) is 11.6 Å². The summed E-state index contributed by atoms with van der Waals surface area (Å²) in [6.07, 6.45) is 3.90. The van der Waals surface area contributed by atoms with Crippen molar-refractivity contribution >= 4 is 0 Å². The lowest BCUT2D eigenvalue weighted by Crippen LogP contribution is -2.15. The first kappa shape index (κ1) is 8.80. The maximum Gasteiger partial charge on any atom is 0.153 e. The number of aromatic nitrogens is 4. The van der Waals surface area contributed by atoms with Gasteiger partial charge < -0.3 is 9.99 Å². The Morgan fingerprint density at radius 2 is 2.00 bits per heavy atom. The van der Waals surface area contributed by atoms with E-state index in [1.165, 1.54) is 0 Å². The van der Waals surface area contributed by atoms with Crippen molar-refractivity contribution in [2.45, 2.75) is 13.5 Å². The predicted octanol–water partition coefficient (Wildman–Crippen LogP) is 0.669. The molecule has 0 bridgehead atoms. The van der Waals surface area contributed by atoms with Crippen molar-refractivity contribution in [3.8, 4) is 0 Å².